The summed E-state index contributed by atoms with van der Waals surface area (Å²) in [5, 5.41) is 0. The van der Waals surface area contributed by atoms with Crippen LogP contribution in [0.3, 0.4) is 0 Å². The Morgan fingerprint density at radius 2 is 1.14 bits per heavy atom. The summed E-state index contributed by atoms with van der Waals surface area (Å²) >= 11 is -4.08. The predicted octanol–water partition coefficient (Wildman–Crippen LogP) is -3.38. The van der Waals surface area contributed by atoms with Crippen molar-refractivity contribution in [1.82, 2.24) is 0 Å². The van der Waals surface area contributed by atoms with Crippen molar-refractivity contribution in [2.75, 3.05) is 0 Å². The Hall–Kier alpha value is 1.93. The molecule has 0 spiro atoms. The van der Waals surface area contributed by atoms with E-state index in [0.717, 1.165) is 0 Å². The van der Waals surface area contributed by atoms with Crippen molar-refractivity contribution < 1.29 is 34.8 Å². The average molecular weight is 160 g/mol. The molecule has 0 amide bonds. The SMILES string of the molecule is [Mg+2].[Mg+2].[O-2].[O]=[Ti]([O-])[O-]. The fourth-order valence-electron chi connectivity index (χ4n) is 0. The monoisotopic (exact) mass is 160 g/mol. The first-order valence-electron chi connectivity index (χ1n) is 0.612. The molecule has 0 radical (unpaired) electrons. The fraction of sp³-hybridized carbons (Fsp3) is 0. The number of hydrogen-bond acceptors (Lipinski definition) is 3. The van der Waals surface area contributed by atoms with Gasteiger partial charge in [-0.05, 0) is 0 Å². The maximum absolute atomic E-state index is 8.58. The van der Waals surface area contributed by atoms with E-state index in [1.54, 1.807) is 0 Å². The quantitative estimate of drug-likeness (QED) is 0.346. The topological polar surface area (TPSA) is 91.7 Å². The Morgan fingerprint density at radius 3 is 1.14 bits per heavy atom. The van der Waals surface area contributed by atoms with Crippen LogP contribution in [0.4, 0.5) is 0 Å². The van der Waals surface area contributed by atoms with Crippen LogP contribution in [0.15, 0.2) is 0 Å². The van der Waals surface area contributed by atoms with Gasteiger partial charge in [-0.3, -0.25) is 0 Å². The van der Waals surface area contributed by atoms with Crippen molar-refractivity contribution in [2.45, 2.75) is 0 Å². The Kier molecular flexibility index (Phi) is 51.7. The molecule has 0 bridgehead atoms. The molecule has 0 aliphatic heterocycles. The maximum atomic E-state index is 8.58. The molecule has 0 unspecified atom stereocenters. The second-order valence-corrected chi connectivity index (χ2v) is 1.03. The van der Waals surface area contributed by atoms with E-state index < -0.39 is 18.6 Å². The molecule has 0 aromatic heterocycles. The second-order valence-electron chi connectivity index (χ2n) is 0.250. The van der Waals surface area contributed by atoms with Crippen molar-refractivity contribution in [3.8, 4) is 0 Å². The summed E-state index contributed by atoms with van der Waals surface area (Å²) in [6.07, 6.45) is 0. The summed E-state index contributed by atoms with van der Waals surface area (Å²) in [5.41, 5.74) is 0. The summed E-state index contributed by atoms with van der Waals surface area (Å²) in [6.45, 7) is 0. The molecule has 7 heavy (non-hydrogen) atoms. The summed E-state index contributed by atoms with van der Waals surface area (Å²) in [7, 11) is 0. The van der Waals surface area contributed by atoms with Gasteiger partial charge in [0.15, 0.2) is 0 Å². The third kappa shape index (κ3) is 75.0. The van der Waals surface area contributed by atoms with Gasteiger partial charge in [0.1, 0.15) is 0 Å². The molecule has 0 aromatic carbocycles. The summed E-state index contributed by atoms with van der Waals surface area (Å²) < 4.78 is 25.8. The summed E-state index contributed by atoms with van der Waals surface area (Å²) in [4.78, 5) is 0. The van der Waals surface area contributed by atoms with Gasteiger partial charge in [0.05, 0.1) is 0 Å². The molecule has 0 aliphatic carbocycles. The van der Waals surface area contributed by atoms with Gasteiger partial charge in [-0.15, -0.1) is 0 Å². The molecule has 0 aromatic rings. The normalized spacial score (nSPS) is 3.71. The van der Waals surface area contributed by atoms with Crippen molar-refractivity contribution in [3.05, 3.63) is 0 Å². The zero-order valence-electron chi connectivity index (χ0n) is 3.55. The first-order valence-corrected chi connectivity index (χ1v) is 2.52. The average Bonchev–Trinajstić information content (AvgIpc) is 0.811. The van der Waals surface area contributed by atoms with Crippen molar-refractivity contribution in [2.24, 2.45) is 0 Å². The van der Waals surface area contributed by atoms with Crippen LogP contribution in [0.1, 0.15) is 0 Å². The zero-order chi connectivity index (χ0) is 3.58. The van der Waals surface area contributed by atoms with E-state index in [1.165, 1.54) is 0 Å². The van der Waals surface area contributed by atoms with Gasteiger partial charge in [0, 0.05) is 0 Å². The van der Waals surface area contributed by atoms with Crippen LogP contribution in [0, 0.1) is 0 Å². The van der Waals surface area contributed by atoms with E-state index in [4.69, 9.17) is 10.7 Å². The van der Waals surface area contributed by atoms with Crippen LogP contribution in [-0.4, -0.2) is 46.1 Å². The van der Waals surface area contributed by atoms with Crippen LogP contribution < -0.4 is 7.38 Å². The van der Waals surface area contributed by atoms with Gasteiger partial charge in [0.2, 0.25) is 0 Å². The Morgan fingerprint density at radius 1 is 1.14 bits per heavy atom. The van der Waals surface area contributed by atoms with Crippen LogP contribution in [0.2, 0.25) is 0 Å². The molecule has 0 rings (SSSR count). The first-order chi connectivity index (χ1) is 1.73. The van der Waals surface area contributed by atoms with Gasteiger partial charge in [-0.1, -0.05) is 0 Å². The standard InChI is InChI=1S/2Mg.4O.Ti/q2*+2;;-2;2*-1;. The minimum absolute atomic E-state index is 0. The summed E-state index contributed by atoms with van der Waals surface area (Å²) in [6, 6.07) is 0. The molecule has 0 heterocycles. The third-order valence-electron chi connectivity index (χ3n) is 0. The van der Waals surface area contributed by atoms with E-state index in [9.17, 15) is 0 Å². The molecule has 0 N–H and O–H groups in total. The molecule has 0 atom stereocenters. The predicted molar refractivity (Wildman–Crippen MR) is 12.9 cm³/mol. The molecule has 0 saturated carbocycles. The van der Waals surface area contributed by atoms with E-state index in [-0.39, 0.29) is 51.6 Å². The third-order valence-corrected chi connectivity index (χ3v) is 0. The molecule has 0 fully saturated rings. The molecular formula is Mg2O4Ti. The van der Waals surface area contributed by atoms with Crippen LogP contribution in [0.25, 0.3) is 0 Å². The van der Waals surface area contributed by atoms with Crippen LogP contribution in [0.5, 0.6) is 0 Å². The van der Waals surface area contributed by atoms with E-state index >= 15 is 0 Å². The second kappa shape index (κ2) is 15.7. The first kappa shape index (κ1) is 23.1. The Labute approximate surface area is 80.0 Å². The van der Waals surface area contributed by atoms with Gasteiger partial charge < -0.3 is 5.48 Å². The Balaban J connectivity index is -0.0000000150. The van der Waals surface area contributed by atoms with Crippen molar-refractivity contribution >= 4 is 46.1 Å². The van der Waals surface area contributed by atoms with Gasteiger partial charge in [0.25, 0.3) is 0 Å². The minimum atomic E-state index is -4.08. The summed E-state index contributed by atoms with van der Waals surface area (Å²) in [5.74, 6) is 0. The van der Waals surface area contributed by atoms with Crippen LogP contribution >= 0.6 is 0 Å². The van der Waals surface area contributed by atoms with E-state index in [1.807, 2.05) is 0 Å². The molecule has 0 aliphatic rings. The van der Waals surface area contributed by atoms with Gasteiger partial charge >= 0.3 is 75.4 Å². The van der Waals surface area contributed by atoms with Crippen molar-refractivity contribution in [1.29, 1.82) is 0 Å². The van der Waals surface area contributed by atoms with Gasteiger partial charge in [-0.2, -0.15) is 0 Å². The van der Waals surface area contributed by atoms with Crippen LogP contribution in [-0.2, 0) is 27.4 Å². The molecule has 4 nitrogen and oxygen atoms in total. The van der Waals surface area contributed by atoms with E-state index in [2.05, 4.69) is 0 Å². The number of rotatable bonds is 0. The van der Waals surface area contributed by atoms with E-state index in [0.29, 0.717) is 0 Å². The van der Waals surface area contributed by atoms with Crippen molar-refractivity contribution in [3.63, 3.8) is 0 Å². The molecule has 0 saturated heterocycles. The number of hydrogen-bond donors (Lipinski definition) is 0. The molecule has 32 valence electrons. The molecular weight excluding hydrogens is 160 g/mol. The zero-order valence-corrected chi connectivity index (χ0v) is 7.94. The molecule has 7 heteroatoms. The Bertz CT molecular complexity index is 32.7. The fourth-order valence-corrected chi connectivity index (χ4v) is 0. The van der Waals surface area contributed by atoms with Gasteiger partial charge in [-0.25, -0.2) is 0 Å².